The highest BCUT2D eigenvalue weighted by molar-refractivity contribution is 5.97. The number of carbonyl (C=O) groups is 1. The molecule has 1 amide bonds. The highest BCUT2D eigenvalue weighted by Gasteiger charge is 2.29. The largest absolute Gasteiger partial charge is 0.481 e. The highest BCUT2D eigenvalue weighted by atomic mass is 16.7. The highest BCUT2D eigenvalue weighted by Crippen LogP contribution is 2.44. The van der Waals surface area contributed by atoms with Crippen LogP contribution < -0.4 is 19.1 Å². The van der Waals surface area contributed by atoms with E-state index in [9.17, 15) is 4.79 Å². The molecule has 5 aromatic rings. The molecule has 0 bridgehead atoms. The molecule has 1 atom stereocenters. The first-order chi connectivity index (χ1) is 18.8. The first kappa shape index (κ1) is 24.5. The number of aryl methyl sites for hydroxylation is 3. The van der Waals surface area contributed by atoms with Gasteiger partial charge in [0.25, 0.3) is 6.29 Å². The van der Waals surface area contributed by atoms with Crippen molar-refractivity contribution in [1.82, 2.24) is 15.0 Å². The number of pyridine rings is 1. The molecule has 0 saturated carbocycles. The third kappa shape index (κ3) is 4.43. The minimum atomic E-state index is -0.912. The van der Waals surface area contributed by atoms with E-state index < -0.39 is 12.4 Å². The lowest BCUT2D eigenvalue weighted by atomic mass is 10.1. The Hall–Kier alpha value is -4.86. The van der Waals surface area contributed by atoms with Crippen LogP contribution in [-0.2, 0) is 4.74 Å². The minimum absolute atomic E-state index is 0.0271. The van der Waals surface area contributed by atoms with Crippen molar-refractivity contribution in [2.24, 2.45) is 0 Å². The first-order valence-electron chi connectivity index (χ1n) is 12.4. The molecular weight excluding hydrogens is 500 g/mol. The summed E-state index contributed by atoms with van der Waals surface area (Å²) in [5.41, 5.74) is 6.20. The molecule has 10 heteroatoms. The van der Waals surface area contributed by atoms with Gasteiger partial charge >= 0.3 is 6.09 Å². The number of benzene rings is 2. The van der Waals surface area contributed by atoms with Crippen LogP contribution in [-0.4, -0.2) is 48.1 Å². The Morgan fingerprint density at radius 1 is 1.10 bits per heavy atom. The molecule has 198 valence electrons. The van der Waals surface area contributed by atoms with E-state index in [1.807, 2.05) is 45.0 Å². The molecule has 0 saturated heterocycles. The summed E-state index contributed by atoms with van der Waals surface area (Å²) in [6.45, 7) is 5.80. The fourth-order valence-corrected chi connectivity index (χ4v) is 4.64. The molecule has 0 N–H and O–H groups in total. The zero-order chi connectivity index (χ0) is 27.3. The lowest BCUT2D eigenvalue weighted by molar-refractivity contribution is -0.0718. The van der Waals surface area contributed by atoms with Crippen molar-refractivity contribution in [3.63, 3.8) is 0 Å². The fourth-order valence-electron chi connectivity index (χ4n) is 4.64. The topological polar surface area (TPSA) is 109 Å². The lowest BCUT2D eigenvalue weighted by Crippen LogP contribution is -2.38. The zero-order valence-corrected chi connectivity index (χ0v) is 22.1. The summed E-state index contributed by atoms with van der Waals surface area (Å²) in [5.74, 6) is 2.07. The van der Waals surface area contributed by atoms with Crippen molar-refractivity contribution in [2.75, 3.05) is 25.7 Å². The molecule has 0 aliphatic carbocycles. The number of nitrogens with zero attached hydrogens (tertiary/aromatic N) is 4. The van der Waals surface area contributed by atoms with Crippen LogP contribution in [0.4, 0.5) is 10.5 Å². The molecule has 1 aliphatic heterocycles. The van der Waals surface area contributed by atoms with Gasteiger partial charge in [-0.3, -0.25) is 9.88 Å². The van der Waals surface area contributed by atoms with E-state index in [0.717, 1.165) is 27.8 Å². The van der Waals surface area contributed by atoms with Crippen molar-refractivity contribution in [3.8, 4) is 28.7 Å². The van der Waals surface area contributed by atoms with Gasteiger partial charge in [0.15, 0.2) is 18.1 Å². The van der Waals surface area contributed by atoms with E-state index in [0.29, 0.717) is 45.4 Å². The number of hydrogen-bond acceptors (Lipinski definition) is 9. The monoisotopic (exact) mass is 526 g/mol. The molecule has 0 unspecified atom stereocenters. The average molecular weight is 527 g/mol. The molecular formula is C29H26N4O6. The van der Waals surface area contributed by atoms with Crippen molar-refractivity contribution < 1.29 is 28.2 Å². The molecule has 2 aromatic carbocycles. The lowest BCUT2D eigenvalue weighted by Gasteiger charge is -2.28. The normalized spacial score (nSPS) is 14.4. The van der Waals surface area contributed by atoms with Crippen molar-refractivity contribution in [3.05, 3.63) is 65.6 Å². The summed E-state index contributed by atoms with van der Waals surface area (Å²) < 4.78 is 29.3. The summed E-state index contributed by atoms with van der Waals surface area (Å²) in [5, 5.41) is 0.755. The molecule has 10 nitrogen and oxygen atoms in total. The van der Waals surface area contributed by atoms with E-state index in [-0.39, 0.29) is 6.61 Å². The maximum Gasteiger partial charge on any atom is 0.417 e. The Balaban J connectivity index is 1.30. The number of hydrogen-bond donors (Lipinski definition) is 0. The van der Waals surface area contributed by atoms with Gasteiger partial charge in [-0.2, -0.15) is 0 Å². The standard InChI is InChI=1S/C29H26N4O6/c1-15-8-19(26-21(9-15)32-24(35-5)13-31-26)22-12-20-27(38-22)16(2)10-23-28(20)36-14-25(37-23)39-29(34)33(4)18-6-7-30-17(3)11-18/h6-13,25H,14H2,1-5H3/t25-/m1/s1. The Kier molecular flexibility index (Phi) is 5.94. The van der Waals surface area contributed by atoms with E-state index in [4.69, 9.17) is 23.4 Å². The second kappa shape index (κ2) is 9.46. The van der Waals surface area contributed by atoms with E-state index in [2.05, 4.69) is 15.0 Å². The number of rotatable bonds is 4. The number of carbonyl (C=O) groups excluding carboxylic acids is 1. The number of aromatic nitrogens is 3. The third-order valence-electron chi connectivity index (χ3n) is 6.55. The number of methoxy groups -OCH3 is 1. The number of furan rings is 1. The molecule has 4 heterocycles. The number of fused-ring (bicyclic) bond motifs is 4. The van der Waals surface area contributed by atoms with Gasteiger partial charge in [0, 0.05) is 24.5 Å². The maximum absolute atomic E-state index is 12.8. The summed E-state index contributed by atoms with van der Waals surface area (Å²) in [4.78, 5) is 27.4. The van der Waals surface area contributed by atoms with Crippen molar-refractivity contribution >= 4 is 33.8 Å². The Morgan fingerprint density at radius 2 is 1.95 bits per heavy atom. The molecule has 0 spiro atoms. The summed E-state index contributed by atoms with van der Waals surface area (Å²) in [6, 6.07) is 11.2. The van der Waals surface area contributed by atoms with Crippen molar-refractivity contribution in [2.45, 2.75) is 27.1 Å². The van der Waals surface area contributed by atoms with Gasteiger partial charge < -0.3 is 23.4 Å². The predicted octanol–water partition coefficient (Wildman–Crippen LogP) is 5.74. The summed E-state index contributed by atoms with van der Waals surface area (Å²) >= 11 is 0. The second-order valence-electron chi connectivity index (χ2n) is 9.42. The quantitative estimate of drug-likeness (QED) is 0.289. The van der Waals surface area contributed by atoms with Crippen LogP contribution in [0.1, 0.15) is 16.8 Å². The fraction of sp³-hybridized carbons (Fsp3) is 0.241. The van der Waals surface area contributed by atoms with Crippen LogP contribution in [0.5, 0.6) is 17.4 Å². The Morgan fingerprint density at radius 3 is 2.74 bits per heavy atom. The zero-order valence-electron chi connectivity index (χ0n) is 22.1. The van der Waals surface area contributed by atoms with Crippen LogP contribution in [0, 0.1) is 20.8 Å². The molecule has 0 fully saturated rings. The van der Waals surface area contributed by atoms with Gasteiger partial charge in [-0.05, 0) is 68.3 Å². The maximum atomic E-state index is 12.8. The van der Waals surface area contributed by atoms with Crippen LogP contribution in [0.3, 0.4) is 0 Å². The number of ether oxygens (including phenoxy) is 4. The first-order valence-corrected chi connectivity index (χ1v) is 12.4. The van der Waals surface area contributed by atoms with E-state index in [1.54, 1.807) is 38.7 Å². The molecule has 6 rings (SSSR count). The molecule has 39 heavy (non-hydrogen) atoms. The van der Waals surface area contributed by atoms with Gasteiger partial charge in [-0.1, -0.05) is 0 Å². The van der Waals surface area contributed by atoms with Crippen LogP contribution in [0.2, 0.25) is 0 Å². The molecule has 3 aromatic heterocycles. The number of anilines is 1. The SMILES string of the molecule is COc1cnc2c(-c3cc4c5c(cc(C)c4o3)O[C@H](OC(=O)N(C)c3ccnc(C)c3)CO5)cc(C)cc2n1. The predicted molar refractivity (Wildman–Crippen MR) is 145 cm³/mol. The summed E-state index contributed by atoms with van der Waals surface area (Å²) in [6.07, 6.45) is 1.75. The van der Waals surface area contributed by atoms with E-state index in [1.165, 1.54) is 4.90 Å². The van der Waals surface area contributed by atoms with Crippen LogP contribution in [0.25, 0.3) is 33.3 Å². The van der Waals surface area contributed by atoms with Gasteiger partial charge in [-0.25, -0.2) is 14.8 Å². The smallest absolute Gasteiger partial charge is 0.417 e. The van der Waals surface area contributed by atoms with Crippen LogP contribution >= 0.6 is 0 Å². The molecule has 0 radical (unpaired) electrons. The minimum Gasteiger partial charge on any atom is -0.481 e. The number of amides is 1. The Bertz CT molecular complexity index is 1750. The van der Waals surface area contributed by atoms with Crippen LogP contribution in [0.15, 0.2) is 53.2 Å². The van der Waals surface area contributed by atoms with Gasteiger partial charge in [0.2, 0.25) is 5.88 Å². The summed E-state index contributed by atoms with van der Waals surface area (Å²) in [7, 11) is 3.19. The van der Waals surface area contributed by atoms with Gasteiger partial charge in [-0.15, -0.1) is 0 Å². The van der Waals surface area contributed by atoms with Crippen molar-refractivity contribution in [1.29, 1.82) is 0 Å². The third-order valence-corrected chi connectivity index (χ3v) is 6.55. The second-order valence-corrected chi connectivity index (χ2v) is 9.42. The van der Waals surface area contributed by atoms with Gasteiger partial charge in [0.05, 0.1) is 35.4 Å². The molecule has 1 aliphatic rings. The Labute approximate surface area is 224 Å². The van der Waals surface area contributed by atoms with Gasteiger partial charge in [0.1, 0.15) is 11.3 Å². The average Bonchev–Trinajstić information content (AvgIpc) is 3.38. The van der Waals surface area contributed by atoms with E-state index >= 15 is 0 Å².